The van der Waals surface area contributed by atoms with Crippen LogP contribution in [0.3, 0.4) is 0 Å². The van der Waals surface area contributed by atoms with Crippen LogP contribution >= 0.6 is 11.5 Å². The highest BCUT2D eigenvalue weighted by Gasteiger charge is 2.32. The van der Waals surface area contributed by atoms with E-state index >= 15 is 0 Å². The summed E-state index contributed by atoms with van der Waals surface area (Å²) in [6.07, 6.45) is 2.24. The van der Waals surface area contributed by atoms with Crippen molar-refractivity contribution < 1.29 is 4.79 Å². The van der Waals surface area contributed by atoms with Gasteiger partial charge in [-0.05, 0) is 55.4 Å². The lowest BCUT2D eigenvalue weighted by Crippen LogP contribution is -2.32. The Morgan fingerprint density at radius 2 is 1.83 bits per heavy atom. The molecule has 2 aromatic rings. The molecule has 0 unspecified atom stereocenters. The lowest BCUT2D eigenvalue weighted by atomic mass is 9.92. The number of nitrogens with one attached hydrogen (secondary N) is 1. The Bertz CT molecular complexity index is 671. The van der Waals surface area contributed by atoms with Crippen LogP contribution in [0.1, 0.15) is 22.5 Å². The summed E-state index contributed by atoms with van der Waals surface area (Å²) in [5.74, 6) is 1.64. The van der Waals surface area contributed by atoms with Gasteiger partial charge in [0.05, 0.1) is 5.69 Å². The summed E-state index contributed by atoms with van der Waals surface area (Å²) in [6.45, 7) is 3.98. The maximum absolute atomic E-state index is 12.8. The molecule has 4 nitrogen and oxygen atoms in total. The molecular formula is C18H21N3OS. The minimum atomic E-state index is 0.151. The van der Waals surface area contributed by atoms with E-state index in [0.29, 0.717) is 0 Å². The SMILES string of the molecule is O=C(c1cc(-c2ccccc2)ns1)N1CC[C@@H]2CNC[C@@H]2CC1. The van der Waals surface area contributed by atoms with Gasteiger partial charge in [-0.15, -0.1) is 0 Å². The summed E-state index contributed by atoms with van der Waals surface area (Å²) < 4.78 is 4.47. The smallest absolute Gasteiger partial charge is 0.265 e. The standard InChI is InChI=1S/C18H21N3OS/c22-18(21-8-6-14-11-19-12-15(14)7-9-21)17-10-16(20-23-17)13-4-2-1-3-5-13/h1-5,10,14-15,19H,6-9,11-12H2/t14-,15+. The number of likely N-dealkylation sites (tertiary alicyclic amines) is 1. The maximum atomic E-state index is 12.8. The molecule has 2 fully saturated rings. The van der Waals surface area contributed by atoms with Gasteiger partial charge >= 0.3 is 0 Å². The van der Waals surface area contributed by atoms with Gasteiger partial charge in [-0.3, -0.25) is 4.79 Å². The highest BCUT2D eigenvalue weighted by atomic mass is 32.1. The van der Waals surface area contributed by atoms with Crippen LogP contribution in [-0.4, -0.2) is 41.4 Å². The first-order chi connectivity index (χ1) is 11.3. The molecule has 5 heteroatoms. The molecule has 3 heterocycles. The lowest BCUT2D eigenvalue weighted by Gasteiger charge is -2.19. The zero-order valence-electron chi connectivity index (χ0n) is 13.1. The molecule has 0 radical (unpaired) electrons. The molecule has 0 saturated carbocycles. The van der Waals surface area contributed by atoms with E-state index in [4.69, 9.17) is 0 Å². The second-order valence-electron chi connectivity index (χ2n) is 6.49. The van der Waals surface area contributed by atoms with Crippen molar-refractivity contribution in [3.8, 4) is 11.3 Å². The van der Waals surface area contributed by atoms with Gasteiger partial charge in [0, 0.05) is 18.7 Å². The zero-order valence-corrected chi connectivity index (χ0v) is 13.9. The average molecular weight is 327 g/mol. The molecule has 120 valence electrons. The van der Waals surface area contributed by atoms with Crippen molar-refractivity contribution in [1.82, 2.24) is 14.6 Å². The van der Waals surface area contributed by atoms with Crippen molar-refractivity contribution in [3.63, 3.8) is 0 Å². The Labute approximate surface area is 140 Å². The molecule has 2 saturated heterocycles. The summed E-state index contributed by atoms with van der Waals surface area (Å²) in [4.78, 5) is 15.6. The minimum absolute atomic E-state index is 0.151. The molecule has 0 spiro atoms. The normalized spacial score (nSPS) is 24.3. The fourth-order valence-corrected chi connectivity index (χ4v) is 4.42. The van der Waals surface area contributed by atoms with E-state index < -0.39 is 0 Å². The maximum Gasteiger partial charge on any atom is 0.265 e. The number of fused-ring (bicyclic) bond motifs is 1. The van der Waals surface area contributed by atoms with Crippen LogP contribution in [0.2, 0.25) is 0 Å². The van der Waals surface area contributed by atoms with Crippen LogP contribution in [0.4, 0.5) is 0 Å². The Balaban J connectivity index is 1.48. The minimum Gasteiger partial charge on any atom is -0.338 e. The number of rotatable bonds is 2. The molecule has 23 heavy (non-hydrogen) atoms. The highest BCUT2D eigenvalue weighted by Crippen LogP contribution is 2.29. The first-order valence-corrected chi connectivity index (χ1v) is 9.11. The highest BCUT2D eigenvalue weighted by molar-refractivity contribution is 7.08. The van der Waals surface area contributed by atoms with Gasteiger partial charge in [0.15, 0.2) is 0 Å². The second kappa shape index (κ2) is 6.42. The van der Waals surface area contributed by atoms with Crippen LogP contribution in [0.5, 0.6) is 0 Å². The van der Waals surface area contributed by atoms with Gasteiger partial charge in [0.2, 0.25) is 0 Å². The molecule has 2 aliphatic rings. The third-order valence-corrected chi connectivity index (χ3v) is 5.87. The first kappa shape index (κ1) is 14.8. The van der Waals surface area contributed by atoms with Gasteiger partial charge in [-0.2, -0.15) is 4.37 Å². The summed E-state index contributed by atoms with van der Waals surface area (Å²) in [6, 6.07) is 12.0. The third kappa shape index (κ3) is 3.03. The second-order valence-corrected chi connectivity index (χ2v) is 7.30. The predicted octanol–water partition coefficient (Wildman–Crippen LogP) is 2.88. The Hall–Kier alpha value is -1.72. The first-order valence-electron chi connectivity index (χ1n) is 8.33. The van der Waals surface area contributed by atoms with Crippen LogP contribution in [0, 0.1) is 11.8 Å². The number of aromatic nitrogens is 1. The van der Waals surface area contributed by atoms with E-state index in [1.807, 2.05) is 41.3 Å². The average Bonchev–Trinajstić information content (AvgIpc) is 3.21. The topological polar surface area (TPSA) is 45.2 Å². The Morgan fingerprint density at radius 1 is 1.13 bits per heavy atom. The molecule has 1 aromatic heterocycles. The van der Waals surface area contributed by atoms with Crippen LogP contribution in [-0.2, 0) is 0 Å². The number of amides is 1. The molecule has 2 atom stereocenters. The molecule has 1 aromatic carbocycles. The summed E-state index contributed by atoms with van der Waals surface area (Å²) >= 11 is 1.32. The quantitative estimate of drug-likeness (QED) is 0.922. The van der Waals surface area contributed by atoms with Crippen molar-refractivity contribution >= 4 is 17.4 Å². The fraction of sp³-hybridized carbons (Fsp3) is 0.444. The van der Waals surface area contributed by atoms with Gasteiger partial charge in [-0.1, -0.05) is 30.3 Å². The molecule has 1 N–H and O–H groups in total. The van der Waals surface area contributed by atoms with E-state index in [2.05, 4.69) is 9.69 Å². The fourth-order valence-electron chi connectivity index (χ4n) is 3.70. The monoisotopic (exact) mass is 327 g/mol. The number of benzene rings is 1. The molecule has 0 aliphatic carbocycles. The zero-order chi connectivity index (χ0) is 15.6. The lowest BCUT2D eigenvalue weighted by molar-refractivity contribution is 0.0763. The van der Waals surface area contributed by atoms with Crippen molar-refractivity contribution in [2.24, 2.45) is 11.8 Å². The number of hydrogen-bond donors (Lipinski definition) is 1. The van der Waals surface area contributed by atoms with Gasteiger partial charge < -0.3 is 10.2 Å². The number of carbonyl (C=O) groups excluding carboxylic acids is 1. The van der Waals surface area contributed by atoms with Crippen molar-refractivity contribution in [3.05, 3.63) is 41.3 Å². The third-order valence-electron chi connectivity index (χ3n) is 5.10. The number of hydrogen-bond acceptors (Lipinski definition) is 4. The van der Waals surface area contributed by atoms with E-state index in [1.165, 1.54) is 11.5 Å². The number of nitrogens with zero attached hydrogens (tertiary/aromatic N) is 2. The van der Waals surface area contributed by atoms with Crippen LogP contribution in [0.15, 0.2) is 36.4 Å². The van der Waals surface area contributed by atoms with Gasteiger partial charge in [0.1, 0.15) is 4.88 Å². The summed E-state index contributed by atoms with van der Waals surface area (Å²) in [5, 5.41) is 3.48. The summed E-state index contributed by atoms with van der Waals surface area (Å²) in [7, 11) is 0. The van der Waals surface area contributed by atoms with E-state index in [0.717, 1.165) is 67.0 Å². The van der Waals surface area contributed by atoms with Crippen LogP contribution < -0.4 is 5.32 Å². The number of carbonyl (C=O) groups is 1. The van der Waals surface area contributed by atoms with Crippen molar-refractivity contribution in [2.45, 2.75) is 12.8 Å². The molecule has 2 aliphatic heterocycles. The van der Waals surface area contributed by atoms with Gasteiger partial charge in [0.25, 0.3) is 5.91 Å². The van der Waals surface area contributed by atoms with Crippen LogP contribution in [0.25, 0.3) is 11.3 Å². The van der Waals surface area contributed by atoms with Gasteiger partial charge in [-0.25, -0.2) is 0 Å². The Kier molecular flexibility index (Phi) is 4.14. The predicted molar refractivity (Wildman–Crippen MR) is 92.5 cm³/mol. The van der Waals surface area contributed by atoms with E-state index in [9.17, 15) is 4.79 Å². The largest absolute Gasteiger partial charge is 0.338 e. The van der Waals surface area contributed by atoms with E-state index in [1.54, 1.807) is 0 Å². The molecule has 0 bridgehead atoms. The van der Waals surface area contributed by atoms with Crippen molar-refractivity contribution in [2.75, 3.05) is 26.2 Å². The molecule has 4 rings (SSSR count). The Morgan fingerprint density at radius 3 is 2.52 bits per heavy atom. The van der Waals surface area contributed by atoms with E-state index in [-0.39, 0.29) is 5.91 Å². The van der Waals surface area contributed by atoms with Crippen molar-refractivity contribution in [1.29, 1.82) is 0 Å². The molecular weight excluding hydrogens is 306 g/mol. The summed E-state index contributed by atoms with van der Waals surface area (Å²) in [5.41, 5.74) is 1.97. The molecule has 1 amide bonds.